The fourth-order valence-corrected chi connectivity index (χ4v) is 3.24. The molecule has 1 aliphatic heterocycles. The van der Waals surface area contributed by atoms with E-state index in [1.165, 1.54) is 0 Å². The van der Waals surface area contributed by atoms with Crippen molar-refractivity contribution in [2.24, 2.45) is 0 Å². The van der Waals surface area contributed by atoms with Gasteiger partial charge in [0.1, 0.15) is 6.04 Å². The summed E-state index contributed by atoms with van der Waals surface area (Å²) < 4.78 is 28.3. The molecule has 0 bridgehead atoms. The average molecular weight is 349 g/mol. The molecule has 0 radical (unpaired) electrons. The number of carbonyl (C=O) groups excluding carboxylic acids is 1. The fraction of sp³-hybridized carbons (Fsp3) is 0.438. The van der Waals surface area contributed by atoms with E-state index >= 15 is 0 Å². The second-order valence-corrected chi connectivity index (χ2v) is 8.03. The summed E-state index contributed by atoms with van der Waals surface area (Å²) >= 11 is 0. The van der Waals surface area contributed by atoms with Gasteiger partial charge >= 0.3 is 5.22 Å². The lowest BCUT2D eigenvalue weighted by Crippen LogP contribution is -2.30. The zero-order valence-corrected chi connectivity index (χ0v) is 14.6. The van der Waals surface area contributed by atoms with Crippen LogP contribution in [-0.4, -0.2) is 42.2 Å². The van der Waals surface area contributed by atoms with Gasteiger partial charge in [0.25, 0.3) is 5.91 Å². The van der Waals surface area contributed by atoms with Gasteiger partial charge in [-0.05, 0) is 49.9 Å². The van der Waals surface area contributed by atoms with Crippen molar-refractivity contribution in [2.75, 3.05) is 12.8 Å². The maximum atomic E-state index is 12.8. The Bertz CT molecular complexity index is 888. The highest BCUT2D eigenvalue weighted by Crippen LogP contribution is 2.33. The molecule has 2 heterocycles. The van der Waals surface area contributed by atoms with Gasteiger partial charge in [-0.15, -0.1) is 5.10 Å². The van der Waals surface area contributed by atoms with Gasteiger partial charge in [-0.1, -0.05) is 11.2 Å². The Kier molecular flexibility index (Phi) is 4.16. The minimum Gasteiger partial charge on any atom is -0.410 e. The van der Waals surface area contributed by atoms with Crippen molar-refractivity contribution >= 4 is 15.7 Å². The molecule has 1 aliphatic rings. The topological polar surface area (TPSA) is 93.4 Å². The normalized spacial score (nSPS) is 18.1. The van der Waals surface area contributed by atoms with Crippen molar-refractivity contribution in [2.45, 2.75) is 38.0 Å². The van der Waals surface area contributed by atoms with E-state index in [4.69, 9.17) is 4.42 Å². The molecule has 1 amide bonds. The molecule has 1 saturated heterocycles. The van der Waals surface area contributed by atoms with E-state index < -0.39 is 15.1 Å². The number of nitrogens with zero attached hydrogens (tertiary/aromatic N) is 3. The number of sulfone groups is 1. The molecular formula is C16H19N3O4S. The van der Waals surface area contributed by atoms with Crippen molar-refractivity contribution in [3.8, 4) is 0 Å². The first-order valence-corrected chi connectivity index (χ1v) is 9.58. The van der Waals surface area contributed by atoms with Crippen molar-refractivity contribution in [1.82, 2.24) is 15.1 Å². The lowest BCUT2D eigenvalue weighted by atomic mass is 10.1. The number of rotatable bonds is 3. The predicted octanol–water partition coefficient (Wildman–Crippen LogP) is 2.07. The Labute approximate surface area is 140 Å². The summed E-state index contributed by atoms with van der Waals surface area (Å²) in [6.45, 7) is 4.53. The van der Waals surface area contributed by atoms with Crippen LogP contribution in [0.4, 0.5) is 0 Å². The molecule has 0 unspecified atom stereocenters. The van der Waals surface area contributed by atoms with Gasteiger partial charge in [-0.2, -0.15) is 0 Å². The minimum absolute atomic E-state index is 0.111. The van der Waals surface area contributed by atoms with Crippen LogP contribution in [0.15, 0.2) is 27.8 Å². The quantitative estimate of drug-likeness (QED) is 0.842. The van der Waals surface area contributed by atoms with Gasteiger partial charge in [0, 0.05) is 18.4 Å². The number of aromatic nitrogens is 2. The van der Waals surface area contributed by atoms with Crippen LogP contribution in [0.3, 0.4) is 0 Å². The number of carbonyl (C=O) groups is 1. The van der Waals surface area contributed by atoms with Gasteiger partial charge in [-0.3, -0.25) is 4.79 Å². The highest BCUT2D eigenvalue weighted by Gasteiger charge is 2.35. The number of hydrogen-bond acceptors (Lipinski definition) is 6. The van der Waals surface area contributed by atoms with Crippen LogP contribution in [-0.2, 0) is 9.84 Å². The van der Waals surface area contributed by atoms with Crippen LogP contribution in [0.1, 0.15) is 46.3 Å². The van der Waals surface area contributed by atoms with Gasteiger partial charge in [0.15, 0.2) is 0 Å². The molecule has 1 atom stereocenters. The Morgan fingerprint density at radius 1 is 1.25 bits per heavy atom. The molecule has 0 N–H and O–H groups in total. The van der Waals surface area contributed by atoms with Gasteiger partial charge < -0.3 is 9.32 Å². The molecule has 1 fully saturated rings. The molecule has 0 spiro atoms. The highest BCUT2D eigenvalue weighted by molar-refractivity contribution is 7.90. The van der Waals surface area contributed by atoms with Crippen LogP contribution < -0.4 is 0 Å². The number of hydrogen-bond donors (Lipinski definition) is 0. The van der Waals surface area contributed by atoms with Crippen LogP contribution in [0.25, 0.3) is 0 Å². The van der Waals surface area contributed by atoms with Gasteiger partial charge in [0.2, 0.25) is 15.7 Å². The Morgan fingerprint density at radius 2 is 2.00 bits per heavy atom. The first kappa shape index (κ1) is 16.6. The van der Waals surface area contributed by atoms with Crippen molar-refractivity contribution < 1.29 is 17.6 Å². The van der Waals surface area contributed by atoms with Crippen LogP contribution >= 0.6 is 0 Å². The summed E-state index contributed by atoms with van der Waals surface area (Å²) in [4.78, 5) is 14.5. The summed E-state index contributed by atoms with van der Waals surface area (Å²) in [6, 6.07) is 5.20. The molecule has 1 aromatic heterocycles. The van der Waals surface area contributed by atoms with E-state index in [-0.39, 0.29) is 17.8 Å². The number of benzene rings is 1. The first-order valence-electron chi connectivity index (χ1n) is 7.69. The molecule has 0 saturated carbocycles. The second kappa shape index (κ2) is 6.01. The summed E-state index contributed by atoms with van der Waals surface area (Å²) in [5.41, 5.74) is 2.78. The van der Waals surface area contributed by atoms with E-state index in [0.717, 1.165) is 23.8 Å². The highest BCUT2D eigenvalue weighted by atomic mass is 32.2. The molecule has 8 heteroatoms. The minimum atomic E-state index is -3.56. The van der Waals surface area contributed by atoms with E-state index in [1.54, 1.807) is 11.0 Å². The molecule has 0 aliphatic carbocycles. The van der Waals surface area contributed by atoms with E-state index in [2.05, 4.69) is 10.2 Å². The zero-order chi connectivity index (χ0) is 17.5. The van der Waals surface area contributed by atoms with E-state index in [9.17, 15) is 13.2 Å². The number of aryl methyl sites for hydroxylation is 2. The Balaban J connectivity index is 1.89. The van der Waals surface area contributed by atoms with Gasteiger partial charge in [-0.25, -0.2) is 8.42 Å². The maximum Gasteiger partial charge on any atom is 0.335 e. The van der Waals surface area contributed by atoms with E-state index in [1.807, 2.05) is 26.0 Å². The molecule has 128 valence electrons. The van der Waals surface area contributed by atoms with Crippen LogP contribution in [0.2, 0.25) is 0 Å². The molecule has 2 aromatic rings. The zero-order valence-electron chi connectivity index (χ0n) is 13.8. The largest absolute Gasteiger partial charge is 0.410 e. The summed E-state index contributed by atoms with van der Waals surface area (Å²) in [5.74, 6) is 0.0600. The third-order valence-electron chi connectivity index (χ3n) is 4.29. The predicted molar refractivity (Wildman–Crippen MR) is 86.3 cm³/mol. The molecule has 24 heavy (non-hydrogen) atoms. The number of likely N-dealkylation sites (tertiary alicyclic amines) is 1. The lowest BCUT2D eigenvalue weighted by molar-refractivity contribution is 0.0712. The van der Waals surface area contributed by atoms with Crippen molar-refractivity contribution in [3.05, 3.63) is 40.8 Å². The SMILES string of the molecule is Cc1ccc(C(=O)N2CCC[C@H]2c2nnc(S(C)(=O)=O)o2)cc1C. The third kappa shape index (κ3) is 3.06. The second-order valence-electron chi connectivity index (χ2n) is 6.13. The number of amides is 1. The lowest BCUT2D eigenvalue weighted by Gasteiger charge is -2.22. The monoisotopic (exact) mass is 349 g/mol. The summed E-state index contributed by atoms with van der Waals surface area (Å²) in [6.07, 6.45) is 2.48. The Morgan fingerprint density at radius 3 is 2.62 bits per heavy atom. The summed E-state index contributed by atoms with van der Waals surface area (Å²) in [7, 11) is -3.56. The first-order chi connectivity index (χ1) is 11.3. The van der Waals surface area contributed by atoms with Crippen LogP contribution in [0, 0.1) is 13.8 Å². The molecule has 7 nitrogen and oxygen atoms in total. The standard InChI is InChI=1S/C16H19N3O4S/c1-10-6-7-12(9-11(10)2)15(20)19-8-4-5-13(19)14-17-18-16(23-14)24(3,21)22/h6-7,9,13H,4-5,8H2,1-3H3/t13-/m0/s1. The summed E-state index contributed by atoms with van der Waals surface area (Å²) in [5, 5.41) is 7.00. The van der Waals surface area contributed by atoms with Crippen LogP contribution in [0.5, 0.6) is 0 Å². The maximum absolute atomic E-state index is 12.8. The average Bonchev–Trinajstić information content (AvgIpc) is 3.16. The van der Waals surface area contributed by atoms with Crippen molar-refractivity contribution in [1.29, 1.82) is 0 Å². The Hall–Kier alpha value is -2.22. The fourth-order valence-electron chi connectivity index (χ4n) is 2.81. The van der Waals surface area contributed by atoms with Crippen molar-refractivity contribution in [3.63, 3.8) is 0 Å². The molecular weight excluding hydrogens is 330 g/mol. The van der Waals surface area contributed by atoms with Gasteiger partial charge in [0.05, 0.1) is 0 Å². The molecule has 3 rings (SSSR count). The smallest absolute Gasteiger partial charge is 0.335 e. The third-order valence-corrected chi connectivity index (χ3v) is 5.09. The molecule has 1 aromatic carbocycles. The van der Waals surface area contributed by atoms with E-state index in [0.29, 0.717) is 18.5 Å².